The molecule has 4 nitrogen and oxygen atoms in total. The monoisotopic (exact) mass is 287 g/mol. The van der Waals surface area contributed by atoms with Crippen LogP contribution in [0.5, 0.6) is 0 Å². The Morgan fingerprint density at radius 2 is 1.50 bits per heavy atom. The van der Waals surface area contributed by atoms with Crippen LogP contribution in [0.3, 0.4) is 0 Å². The maximum absolute atomic E-state index is 8.25. The molecule has 0 aliphatic carbocycles. The van der Waals surface area contributed by atoms with E-state index in [0.717, 1.165) is 0 Å². The molecule has 0 N–H and O–H groups in total. The molecular weight excluding hydrogens is 284 g/mol. The first-order valence-corrected chi connectivity index (χ1v) is 8.92. The molecule has 0 unspecified atom stereocenters. The van der Waals surface area contributed by atoms with E-state index in [1.807, 2.05) is 30.3 Å². The molecule has 0 fully saturated rings. The molecule has 0 bridgehead atoms. The van der Waals surface area contributed by atoms with Gasteiger partial charge in [0.25, 0.3) is 0 Å². The molecule has 0 spiro atoms. The zero-order chi connectivity index (χ0) is 9.82. The van der Waals surface area contributed by atoms with Crippen LogP contribution < -0.4 is 0 Å². The predicted octanol–water partition coefficient (Wildman–Crippen LogP) is 2.54. The third-order valence-electron chi connectivity index (χ3n) is 0.556. The molecule has 0 atom stereocenters. The van der Waals surface area contributed by atoms with Crippen molar-refractivity contribution in [3.63, 3.8) is 0 Å². The summed E-state index contributed by atoms with van der Waals surface area (Å²) in [6.45, 7) is 0. The van der Waals surface area contributed by atoms with Crippen molar-refractivity contribution in [2.24, 2.45) is 0 Å². The van der Waals surface area contributed by atoms with Crippen molar-refractivity contribution in [2.45, 2.75) is 0 Å². The van der Waals surface area contributed by atoms with E-state index in [0.29, 0.717) is 0 Å². The summed E-state index contributed by atoms with van der Waals surface area (Å²) in [4.78, 5) is 8.25. The second kappa shape index (κ2) is 13.6. The Morgan fingerprint density at radius 3 is 1.58 bits per heavy atom. The Morgan fingerprint density at radius 1 is 1.25 bits per heavy atom. The summed E-state index contributed by atoms with van der Waals surface area (Å²) in [6, 6.07) is 10.0. The van der Waals surface area contributed by atoms with E-state index < -0.39 is 25.9 Å². The average molecular weight is 289 g/mol. The van der Waals surface area contributed by atoms with Crippen LogP contribution in [-0.4, -0.2) is 5.09 Å². The minimum Gasteiger partial charge on any atom is -0.214 e. The van der Waals surface area contributed by atoms with Gasteiger partial charge in [0.2, 0.25) is 0 Å². The van der Waals surface area contributed by atoms with E-state index in [2.05, 4.69) is 0 Å². The molecule has 12 heavy (non-hydrogen) atoms. The average Bonchev–Trinajstić information content (AvgIpc) is 2.40. The SMILES string of the molecule is O=[N+]([O-])[O-].[Cl][Zr+2][Cl].c1cc[cH-]c1. The van der Waals surface area contributed by atoms with Gasteiger partial charge in [0, 0.05) is 0 Å². The maximum Gasteiger partial charge on any atom is -0.172 e. The van der Waals surface area contributed by atoms with E-state index in [4.69, 9.17) is 32.3 Å². The topological polar surface area (TPSA) is 66.2 Å². The summed E-state index contributed by atoms with van der Waals surface area (Å²) >= 11 is -0.826. The van der Waals surface area contributed by atoms with Crippen LogP contribution >= 0.6 is 17.0 Å². The molecule has 0 saturated carbocycles. The summed E-state index contributed by atoms with van der Waals surface area (Å²) in [5.41, 5.74) is 0. The summed E-state index contributed by atoms with van der Waals surface area (Å²) in [5.74, 6) is 0. The fourth-order valence-electron chi connectivity index (χ4n) is 0.321. The third-order valence-corrected chi connectivity index (χ3v) is 0.556. The van der Waals surface area contributed by atoms with Crippen LogP contribution in [0.15, 0.2) is 30.3 Å². The molecule has 0 saturated heterocycles. The molecule has 66 valence electrons. The maximum atomic E-state index is 8.25. The molecule has 0 amide bonds. The van der Waals surface area contributed by atoms with E-state index >= 15 is 0 Å². The normalized spacial score (nSPS) is 6.17. The van der Waals surface area contributed by atoms with E-state index in [-0.39, 0.29) is 0 Å². The molecule has 0 radical (unpaired) electrons. The van der Waals surface area contributed by atoms with Gasteiger partial charge in [-0.2, -0.15) is 18.2 Å². The smallest absolute Gasteiger partial charge is 0.172 e. The number of nitrogens with zero attached hydrogens (tertiary/aromatic N) is 1. The van der Waals surface area contributed by atoms with Crippen LogP contribution in [0.1, 0.15) is 0 Å². The minimum absolute atomic E-state index is 0.826. The molecule has 0 heterocycles. The fraction of sp³-hybridized carbons (Fsp3) is 0. The van der Waals surface area contributed by atoms with Gasteiger partial charge in [-0.25, -0.2) is 12.1 Å². The molecule has 0 aliphatic rings. The first-order valence-electron chi connectivity index (χ1n) is 2.59. The Bertz CT molecular complexity index is 150. The number of rotatable bonds is 0. The van der Waals surface area contributed by atoms with E-state index in [9.17, 15) is 0 Å². The van der Waals surface area contributed by atoms with Crippen LogP contribution in [0, 0.1) is 15.3 Å². The van der Waals surface area contributed by atoms with Crippen LogP contribution in [0.25, 0.3) is 0 Å². The van der Waals surface area contributed by atoms with Gasteiger partial charge in [0.1, 0.15) is 0 Å². The quantitative estimate of drug-likeness (QED) is 0.419. The first-order chi connectivity index (χ1) is 5.65. The van der Waals surface area contributed by atoms with Crippen molar-refractivity contribution in [3.8, 4) is 0 Å². The van der Waals surface area contributed by atoms with Gasteiger partial charge >= 0.3 is 37.9 Å². The Kier molecular flexibility index (Phi) is 16.5. The van der Waals surface area contributed by atoms with E-state index in [1.165, 1.54) is 0 Å². The molecule has 0 aliphatic heterocycles. The molecule has 1 aromatic carbocycles. The first kappa shape index (κ1) is 14.5. The molecule has 0 aromatic heterocycles. The number of hydrogen-bond donors (Lipinski definition) is 0. The van der Waals surface area contributed by atoms with Crippen molar-refractivity contribution in [3.05, 3.63) is 45.7 Å². The van der Waals surface area contributed by atoms with Crippen molar-refractivity contribution in [1.82, 2.24) is 0 Å². The predicted molar refractivity (Wildman–Crippen MR) is 44.1 cm³/mol. The van der Waals surface area contributed by atoms with Crippen LogP contribution in [0.2, 0.25) is 0 Å². The van der Waals surface area contributed by atoms with Crippen molar-refractivity contribution < 1.29 is 25.9 Å². The number of hydrogen-bond acceptors (Lipinski definition) is 3. The summed E-state index contributed by atoms with van der Waals surface area (Å²) in [5, 5.41) is 14.8. The largest absolute Gasteiger partial charge is 0.214 e. The zero-order valence-corrected chi connectivity index (χ0v) is 9.78. The van der Waals surface area contributed by atoms with Gasteiger partial charge in [-0.3, -0.25) is 0 Å². The second-order valence-electron chi connectivity index (χ2n) is 1.26. The van der Waals surface area contributed by atoms with Gasteiger partial charge in [-0.05, 0) is 0 Å². The van der Waals surface area contributed by atoms with Gasteiger partial charge in [-0.1, -0.05) is 0 Å². The molecule has 7 heteroatoms. The summed E-state index contributed by atoms with van der Waals surface area (Å²) in [6.07, 6.45) is 0. The van der Waals surface area contributed by atoms with Gasteiger partial charge < -0.3 is 15.3 Å². The summed E-state index contributed by atoms with van der Waals surface area (Å²) < 4.78 is 0. The Hall–Kier alpha value is 0.0131. The Balaban J connectivity index is 0. The zero-order valence-electron chi connectivity index (χ0n) is 5.81. The van der Waals surface area contributed by atoms with Crippen molar-refractivity contribution in [1.29, 1.82) is 0 Å². The van der Waals surface area contributed by atoms with Crippen LogP contribution in [-0.2, 0) is 20.8 Å². The van der Waals surface area contributed by atoms with E-state index in [1.54, 1.807) is 0 Å². The summed E-state index contributed by atoms with van der Waals surface area (Å²) in [7, 11) is 9.87. The van der Waals surface area contributed by atoms with Crippen molar-refractivity contribution >= 4 is 17.0 Å². The van der Waals surface area contributed by atoms with Gasteiger partial charge in [0.15, 0.2) is 0 Å². The third kappa shape index (κ3) is 32.4. The van der Waals surface area contributed by atoms with Gasteiger partial charge in [-0.15, -0.1) is 0 Å². The van der Waals surface area contributed by atoms with Gasteiger partial charge in [0.05, 0.1) is 5.09 Å². The molecular formula is C5H5Cl2NO3Zr. The standard InChI is InChI=1S/C5H5.2ClH.NO3.Zr/c1-2-4-5-3-1;;;2-1(3)4;/h1-5H;2*1H;;/q-1;;;-1;+4/p-2. The molecule has 1 aromatic rings. The van der Waals surface area contributed by atoms with Crippen LogP contribution in [0.4, 0.5) is 0 Å². The Labute approximate surface area is 88.2 Å². The molecule has 1 rings (SSSR count). The fourth-order valence-corrected chi connectivity index (χ4v) is 0.321. The van der Waals surface area contributed by atoms with Crippen molar-refractivity contribution in [2.75, 3.05) is 0 Å². The minimum atomic E-state index is -1.75. The second-order valence-corrected chi connectivity index (χ2v) is 4.99. The number of halogens is 2.